The van der Waals surface area contributed by atoms with E-state index in [1.807, 2.05) is 0 Å². The van der Waals surface area contributed by atoms with E-state index in [4.69, 9.17) is 10.2 Å². The van der Waals surface area contributed by atoms with Gasteiger partial charge in [-0.15, -0.1) is 0 Å². The minimum absolute atomic E-state index is 0.489. The van der Waals surface area contributed by atoms with Gasteiger partial charge in [0.15, 0.2) is 0 Å². The van der Waals surface area contributed by atoms with Gasteiger partial charge in [-0.1, -0.05) is 19.8 Å². The van der Waals surface area contributed by atoms with E-state index in [9.17, 15) is 14.4 Å². The van der Waals surface area contributed by atoms with Crippen LogP contribution in [0, 0.1) is 5.92 Å². The van der Waals surface area contributed by atoms with Crippen LogP contribution in [0.5, 0.6) is 0 Å². The van der Waals surface area contributed by atoms with Gasteiger partial charge in [0.25, 0.3) is 0 Å². The summed E-state index contributed by atoms with van der Waals surface area (Å²) >= 11 is 0. The molecule has 2 amide bonds. The maximum Gasteiger partial charge on any atom is 0.323 e. The molecule has 0 aromatic rings. The summed E-state index contributed by atoms with van der Waals surface area (Å²) in [6.07, 6.45) is 5.09. The van der Waals surface area contributed by atoms with Crippen LogP contribution in [0.2, 0.25) is 0 Å². The molecule has 1 atom stereocenters. The second-order valence-corrected chi connectivity index (χ2v) is 5.50. The largest absolute Gasteiger partial charge is 0.480 e. The molecule has 1 rings (SSSR count). The number of rotatable bonds is 6. The molecule has 1 aliphatic rings. The van der Waals surface area contributed by atoms with E-state index < -0.39 is 31.1 Å². The van der Waals surface area contributed by atoms with Crippen molar-refractivity contribution in [3.05, 3.63) is 0 Å². The second kappa shape index (κ2) is 8.49. The van der Waals surface area contributed by atoms with Gasteiger partial charge in [0.1, 0.15) is 13.1 Å². The van der Waals surface area contributed by atoms with Gasteiger partial charge < -0.3 is 20.0 Å². The first-order valence-electron chi connectivity index (χ1n) is 7.41. The summed E-state index contributed by atoms with van der Waals surface area (Å²) in [4.78, 5) is 36.3. The number of hydrogen-bond acceptors (Lipinski definition) is 3. The fourth-order valence-corrected chi connectivity index (χ4v) is 2.77. The quantitative estimate of drug-likeness (QED) is 0.774. The first-order valence-corrected chi connectivity index (χ1v) is 7.41. The Morgan fingerprint density at radius 1 is 1.10 bits per heavy atom. The van der Waals surface area contributed by atoms with Crippen LogP contribution >= 0.6 is 0 Å². The number of urea groups is 1. The van der Waals surface area contributed by atoms with Gasteiger partial charge in [-0.2, -0.15) is 0 Å². The Kier molecular flexibility index (Phi) is 6.98. The van der Waals surface area contributed by atoms with Crippen LogP contribution in [0.3, 0.4) is 0 Å². The molecule has 1 aliphatic heterocycles. The summed E-state index contributed by atoms with van der Waals surface area (Å²) in [6, 6.07) is -0.489. The molecule has 1 fully saturated rings. The summed E-state index contributed by atoms with van der Waals surface area (Å²) < 4.78 is 0. The highest BCUT2D eigenvalue weighted by molar-refractivity contribution is 5.84. The van der Waals surface area contributed by atoms with Crippen molar-refractivity contribution >= 4 is 18.0 Å². The number of amides is 2. The van der Waals surface area contributed by atoms with Crippen molar-refractivity contribution in [3.63, 3.8) is 0 Å². The number of aliphatic carboxylic acids is 2. The number of hydrogen-bond donors (Lipinski definition) is 2. The van der Waals surface area contributed by atoms with Gasteiger partial charge in [-0.3, -0.25) is 9.59 Å². The molecule has 0 spiro atoms. The van der Waals surface area contributed by atoms with Gasteiger partial charge in [-0.25, -0.2) is 4.79 Å². The fraction of sp³-hybridized carbons (Fsp3) is 0.786. The van der Waals surface area contributed by atoms with Crippen LogP contribution in [-0.2, 0) is 9.59 Å². The molecule has 0 aliphatic carbocycles. The number of carboxylic acid groups (broad SMARTS) is 2. The Bertz CT molecular complexity index is 370. The van der Waals surface area contributed by atoms with Crippen molar-refractivity contribution in [2.24, 2.45) is 5.92 Å². The number of carboxylic acids is 2. The molecule has 21 heavy (non-hydrogen) atoms. The van der Waals surface area contributed by atoms with Gasteiger partial charge in [0.05, 0.1) is 0 Å². The Morgan fingerprint density at radius 2 is 1.71 bits per heavy atom. The van der Waals surface area contributed by atoms with E-state index in [1.165, 1.54) is 0 Å². The van der Waals surface area contributed by atoms with E-state index >= 15 is 0 Å². The smallest absolute Gasteiger partial charge is 0.323 e. The SMILES string of the molecule is CCCC1CCCN(C(=O)N(CC(=O)O)CC(=O)O)CC1. The molecule has 0 aromatic carbocycles. The highest BCUT2D eigenvalue weighted by Gasteiger charge is 2.26. The third-order valence-corrected chi connectivity index (χ3v) is 3.74. The maximum atomic E-state index is 12.3. The molecular weight excluding hydrogens is 276 g/mol. The van der Waals surface area contributed by atoms with Crippen molar-refractivity contribution < 1.29 is 24.6 Å². The van der Waals surface area contributed by atoms with Crippen LogP contribution in [-0.4, -0.2) is 64.2 Å². The minimum atomic E-state index is -1.21. The molecule has 1 saturated heterocycles. The molecule has 0 radical (unpaired) electrons. The van der Waals surface area contributed by atoms with Gasteiger partial charge in [0.2, 0.25) is 0 Å². The molecule has 1 unspecified atom stereocenters. The highest BCUT2D eigenvalue weighted by Crippen LogP contribution is 2.22. The average Bonchev–Trinajstić information content (AvgIpc) is 2.62. The molecule has 0 aromatic heterocycles. The monoisotopic (exact) mass is 300 g/mol. The minimum Gasteiger partial charge on any atom is -0.480 e. The lowest BCUT2D eigenvalue weighted by Crippen LogP contribution is -2.47. The molecule has 0 saturated carbocycles. The Labute approximate surface area is 124 Å². The normalized spacial score (nSPS) is 18.9. The Morgan fingerprint density at radius 3 is 2.24 bits per heavy atom. The maximum absolute atomic E-state index is 12.3. The zero-order chi connectivity index (χ0) is 15.8. The van der Waals surface area contributed by atoms with Crippen LogP contribution in [0.1, 0.15) is 39.0 Å². The summed E-state index contributed by atoms with van der Waals surface area (Å²) in [5, 5.41) is 17.6. The van der Waals surface area contributed by atoms with Gasteiger partial charge >= 0.3 is 18.0 Å². The summed E-state index contributed by atoms with van der Waals surface area (Å²) in [7, 11) is 0. The summed E-state index contributed by atoms with van der Waals surface area (Å²) in [5.41, 5.74) is 0. The van der Waals surface area contributed by atoms with Gasteiger partial charge in [0, 0.05) is 13.1 Å². The van der Waals surface area contributed by atoms with E-state index in [-0.39, 0.29) is 0 Å². The summed E-state index contributed by atoms with van der Waals surface area (Å²) in [5.74, 6) is -1.81. The number of carbonyl (C=O) groups excluding carboxylic acids is 1. The fourth-order valence-electron chi connectivity index (χ4n) is 2.77. The van der Waals surface area contributed by atoms with E-state index in [2.05, 4.69) is 6.92 Å². The lowest BCUT2D eigenvalue weighted by atomic mass is 9.96. The Balaban J connectivity index is 2.65. The van der Waals surface area contributed by atoms with Crippen molar-refractivity contribution in [1.29, 1.82) is 0 Å². The zero-order valence-corrected chi connectivity index (χ0v) is 12.5. The predicted molar refractivity (Wildman–Crippen MR) is 76.1 cm³/mol. The molecule has 120 valence electrons. The van der Waals surface area contributed by atoms with Crippen molar-refractivity contribution in [3.8, 4) is 0 Å². The molecule has 7 heteroatoms. The third-order valence-electron chi connectivity index (χ3n) is 3.74. The highest BCUT2D eigenvalue weighted by atomic mass is 16.4. The lowest BCUT2D eigenvalue weighted by molar-refractivity contribution is -0.140. The Hall–Kier alpha value is -1.79. The molecule has 7 nitrogen and oxygen atoms in total. The van der Waals surface area contributed by atoms with Crippen molar-refractivity contribution in [2.75, 3.05) is 26.2 Å². The topological polar surface area (TPSA) is 98.2 Å². The van der Waals surface area contributed by atoms with Gasteiger partial charge in [-0.05, 0) is 25.2 Å². The number of nitrogens with zero attached hydrogens (tertiary/aromatic N) is 2. The van der Waals surface area contributed by atoms with Crippen LogP contribution in [0.25, 0.3) is 0 Å². The summed E-state index contributed by atoms with van der Waals surface area (Å²) in [6.45, 7) is 2.10. The number of likely N-dealkylation sites (tertiary alicyclic amines) is 1. The first-order chi connectivity index (χ1) is 9.93. The molecule has 0 bridgehead atoms. The second-order valence-electron chi connectivity index (χ2n) is 5.50. The zero-order valence-electron chi connectivity index (χ0n) is 12.5. The van der Waals surface area contributed by atoms with Crippen molar-refractivity contribution in [2.45, 2.75) is 39.0 Å². The predicted octanol–water partition coefficient (Wildman–Crippen LogP) is 1.48. The van der Waals surface area contributed by atoms with Crippen LogP contribution in [0.4, 0.5) is 4.79 Å². The van der Waals surface area contributed by atoms with Crippen LogP contribution < -0.4 is 0 Å². The van der Waals surface area contributed by atoms with E-state index in [0.29, 0.717) is 19.0 Å². The molecule has 2 N–H and O–H groups in total. The van der Waals surface area contributed by atoms with Crippen molar-refractivity contribution in [1.82, 2.24) is 9.80 Å². The van der Waals surface area contributed by atoms with E-state index in [1.54, 1.807) is 4.90 Å². The lowest BCUT2D eigenvalue weighted by Gasteiger charge is -2.27. The first kappa shape index (κ1) is 17.3. The average molecular weight is 300 g/mol. The molecule has 1 heterocycles. The number of carbonyl (C=O) groups is 3. The van der Waals surface area contributed by atoms with Crippen LogP contribution in [0.15, 0.2) is 0 Å². The molecular formula is C14H24N2O5. The third kappa shape index (κ3) is 6.01. The standard InChI is InChI=1S/C14H24N2O5/c1-2-4-11-5-3-7-15(8-6-11)14(21)16(9-12(17)18)10-13(19)20/h11H,2-10H2,1H3,(H,17,18)(H,19,20). The van der Waals surface area contributed by atoms with E-state index in [0.717, 1.165) is 37.0 Å².